The van der Waals surface area contributed by atoms with E-state index in [-0.39, 0.29) is 23.6 Å². The van der Waals surface area contributed by atoms with Crippen molar-refractivity contribution in [1.29, 1.82) is 0 Å². The second-order valence-electron chi connectivity index (χ2n) is 3.02. The lowest BCUT2D eigenvalue weighted by atomic mass is 10.3. The van der Waals surface area contributed by atoms with Crippen LogP contribution >= 0.6 is 0 Å². The fourth-order valence-electron chi connectivity index (χ4n) is 1.17. The van der Waals surface area contributed by atoms with Crippen LogP contribution in [0.4, 0.5) is 23.5 Å². The van der Waals surface area contributed by atoms with Gasteiger partial charge in [-0.15, -0.1) is 0 Å². The van der Waals surface area contributed by atoms with E-state index in [1.165, 1.54) is 6.07 Å². The monoisotopic (exact) mass is 218 g/mol. The van der Waals surface area contributed by atoms with Crippen LogP contribution in [-0.4, -0.2) is 20.1 Å². The van der Waals surface area contributed by atoms with Gasteiger partial charge in [0.15, 0.2) is 0 Å². The van der Waals surface area contributed by atoms with E-state index in [0.29, 0.717) is 5.69 Å². The van der Waals surface area contributed by atoms with E-state index in [1.54, 1.807) is 18.2 Å². The number of anilines is 4. The molecule has 2 rings (SSSR count). The molecule has 82 valence electrons. The number of aromatic nitrogens is 3. The zero-order valence-corrected chi connectivity index (χ0v) is 8.25. The van der Waals surface area contributed by atoms with Crippen LogP contribution in [0.25, 0.3) is 0 Å². The predicted molar refractivity (Wildman–Crippen MR) is 60.0 cm³/mol. The Labute approximate surface area is 91.2 Å². The van der Waals surface area contributed by atoms with Crippen LogP contribution < -0.4 is 16.8 Å². The molecule has 0 aliphatic heterocycles. The first-order chi connectivity index (χ1) is 7.65. The molecule has 7 heteroatoms. The molecular weight excluding hydrogens is 208 g/mol. The van der Waals surface area contributed by atoms with Crippen molar-refractivity contribution in [1.82, 2.24) is 15.0 Å². The number of nitrogens with one attached hydrogen (secondary N) is 1. The normalized spacial score (nSPS) is 10.0. The fourth-order valence-corrected chi connectivity index (χ4v) is 1.17. The number of nitrogens with two attached hydrogens (primary N) is 2. The molecule has 0 bridgehead atoms. The summed E-state index contributed by atoms with van der Waals surface area (Å²) < 4.78 is 0. The van der Waals surface area contributed by atoms with Crippen LogP contribution in [0.5, 0.6) is 5.75 Å². The number of benzene rings is 1. The molecule has 2 aromatic rings. The van der Waals surface area contributed by atoms with E-state index >= 15 is 0 Å². The average Bonchev–Trinajstić information content (AvgIpc) is 2.20. The number of hydrogen-bond donors (Lipinski definition) is 4. The largest absolute Gasteiger partial charge is 0.506 e. The third-order valence-corrected chi connectivity index (χ3v) is 1.82. The van der Waals surface area contributed by atoms with Crippen molar-refractivity contribution < 1.29 is 5.11 Å². The summed E-state index contributed by atoms with van der Waals surface area (Å²) in [4.78, 5) is 11.3. The SMILES string of the molecule is Nc1nc(N)nc(Nc2ccccc2O)n1. The maximum absolute atomic E-state index is 9.51. The Kier molecular flexibility index (Phi) is 2.42. The predicted octanol–water partition coefficient (Wildman–Crippen LogP) is 0.485. The van der Waals surface area contributed by atoms with Gasteiger partial charge in [-0.1, -0.05) is 12.1 Å². The summed E-state index contributed by atoms with van der Waals surface area (Å²) in [6.45, 7) is 0. The van der Waals surface area contributed by atoms with Gasteiger partial charge in [0, 0.05) is 0 Å². The van der Waals surface area contributed by atoms with Crippen LogP contribution in [0, 0.1) is 0 Å². The molecule has 0 radical (unpaired) electrons. The van der Waals surface area contributed by atoms with Crippen molar-refractivity contribution in [3.05, 3.63) is 24.3 Å². The molecular formula is C9H10N6O. The van der Waals surface area contributed by atoms with Crippen LogP contribution in [0.3, 0.4) is 0 Å². The lowest BCUT2D eigenvalue weighted by Crippen LogP contribution is -2.06. The van der Waals surface area contributed by atoms with E-state index in [1.807, 2.05) is 0 Å². The van der Waals surface area contributed by atoms with E-state index in [2.05, 4.69) is 20.3 Å². The molecule has 0 saturated carbocycles. The Morgan fingerprint density at radius 3 is 2.25 bits per heavy atom. The quantitative estimate of drug-likeness (QED) is 0.540. The molecule has 0 aliphatic rings. The van der Waals surface area contributed by atoms with Gasteiger partial charge < -0.3 is 21.9 Å². The Bertz CT molecular complexity index is 495. The standard InChI is InChI=1S/C9H10N6O/c10-7-13-8(11)15-9(14-7)12-5-3-1-2-4-6(5)16/h1-4,16H,(H5,10,11,12,13,14,15). The average molecular weight is 218 g/mol. The van der Waals surface area contributed by atoms with E-state index in [0.717, 1.165) is 0 Å². The van der Waals surface area contributed by atoms with Gasteiger partial charge in [0.25, 0.3) is 0 Å². The number of para-hydroxylation sites is 2. The summed E-state index contributed by atoms with van der Waals surface area (Å²) >= 11 is 0. The molecule has 0 atom stereocenters. The minimum absolute atomic E-state index is 0.0189. The zero-order chi connectivity index (χ0) is 11.5. The van der Waals surface area contributed by atoms with Gasteiger partial charge in [0.05, 0.1) is 5.69 Å². The zero-order valence-electron chi connectivity index (χ0n) is 8.25. The molecule has 1 heterocycles. The van der Waals surface area contributed by atoms with E-state index < -0.39 is 0 Å². The molecule has 0 amide bonds. The number of nitrogens with zero attached hydrogens (tertiary/aromatic N) is 3. The first kappa shape index (κ1) is 9.97. The van der Waals surface area contributed by atoms with Gasteiger partial charge in [-0.25, -0.2) is 0 Å². The lowest BCUT2D eigenvalue weighted by Gasteiger charge is -2.06. The van der Waals surface area contributed by atoms with E-state index in [9.17, 15) is 5.11 Å². The van der Waals surface area contributed by atoms with Crippen molar-refractivity contribution in [2.75, 3.05) is 16.8 Å². The molecule has 0 saturated heterocycles. The Balaban J connectivity index is 2.30. The Morgan fingerprint density at radius 1 is 1.00 bits per heavy atom. The topological polar surface area (TPSA) is 123 Å². The third kappa shape index (κ3) is 2.08. The second-order valence-corrected chi connectivity index (χ2v) is 3.02. The van der Waals surface area contributed by atoms with Crippen molar-refractivity contribution >= 4 is 23.5 Å². The van der Waals surface area contributed by atoms with Gasteiger partial charge in [-0.3, -0.25) is 0 Å². The van der Waals surface area contributed by atoms with Crippen LogP contribution in [0.15, 0.2) is 24.3 Å². The number of aromatic hydroxyl groups is 1. The summed E-state index contributed by atoms with van der Waals surface area (Å²) in [5.74, 6) is 0.308. The molecule has 7 nitrogen and oxygen atoms in total. The highest BCUT2D eigenvalue weighted by atomic mass is 16.3. The van der Waals surface area contributed by atoms with Gasteiger partial charge >= 0.3 is 0 Å². The molecule has 0 spiro atoms. The Hall–Kier alpha value is -2.57. The highest BCUT2D eigenvalue weighted by molar-refractivity contribution is 5.62. The van der Waals surface area contributed by atoms with Gasteiger partial charge in [0.1, 0.15) is 5.75 Å². The minimum Gasteiger partial charge on any atom is -0.506 e. The number of rotatable bonds is 2. The smallest absolute Gasteiger partial charge is 0.233 e. The van der Waals surface area contributed by atoms with Crippen LogP contribution in [0.2, 0.25) is 0 Å². The van der Waals surface area contributed by atoms with Crippen LogP contribution in [-0.2, 0) is 0 Å². The summed E-state index contributed by atoms with van der Waals surface area (Å²) in [6.07, 6.45) is 0. The maximum Gasteiger partial charge on any atom is 0.233 e. The van der Waals surface area contributed by atoms with E-state index in [4.69, 9.17) is 11.5 Å². The molecule has 0 aliphatic carbocycles. The van der Waals surface area contributed by atoms with Crippen molar-refractivity contribution in [2.24, 2.45) is 0 Å². The van der Waals surface area contributed by atoms with Crippen LogP contribution in [0.1, 0.15) is 0 Å². The number of phenols is 1. The molecule has 6 N–H and O–H groups in total. The highest BCUT2D eigenvalue weighted by Gasteiger charge is 2.04. The number of nitrogen functional groups attached to an aromatic ring is 2. The number of hydrogen-bond acceptors (Lipinski definition) is 7. The molecule has 1 aromatic heterocycles. The molecule has 0 fully saturated rings. The summed E-state index contributed by atoms with van der Waals surface area (Å²) in [5, 5.41) is 12.3. The minimum atomic E-state index is 0.0189. The second kappa shape index (κ2) is 3.89. The van der Waals surface area contributed by atoms with Crippen molar-refractivity contribution in [3.63, 3.8) is 0 Å². The van der Waals surface area contributed by atoms with Gasteiger partial charge in [0.2, 0.25) is 17.8 Å². The first-order valence-corrected chi connectivity index (χ1v) is 4.47. The summed E-state index contributed by atoms with van der Waals surface area (Å²) in [5.41, 5.74) is 11.3. The summed E-state index contributed by atoms with van der Waals surface area (Å²) in [7, 11) is 0. The summed E-state index contributed by atoms with van der Waals surface area (Å²) in [6, 6.07) is 6.67. The molecule has 0 unspecified atom stereocenters. The van der Waals surface area contributed by atoms with Gasteiger partial charge in [-0.2, -0.15) is 15.0 Å². The lowest BCUT2D eigenvalue weighted by molar-refractivity contribution is 0.477. The Morgan fingerprint density at radius 2 is 1.62 bits per heavy atom. The highest BCUT2D eigenvalue weighted by Crippen LogP contribution is 2.24. The first-order valence-electron chi connectivity index (χ1n) is 4.47. The maximum atomic E-state index is 9.51. The molecule has 1 aromatic carbocycles. The van der Waals surface area contributed by atoms with Gasteiger partial charge in [-0.05, 0) is 12.1 Å². The third-order valence-electron chi connectivity index (χ3n) is 1.82. The van der Waals surface area contributed by atoms with Crippen molar-refractivity contribution in [2.45, 2.75) is 0 Å². The molecule has 16 heavy (non-hydrogen) atoms. The fraction of sp³-hybridized carbons (Fsp3) is 0. The van der Waals surface area contributed by atoms with Crippen molar-refractivity contribution in [3.8, 4) is 5.75 Å². The number of phenolic OH excluding ortho intramolecular Hbond substituents is 1.